The molecule has 2 saturated carbocycles. The first-order valence-corrected chi connectivity index (χ1v) is 11.3. The van der Waals surface area contributed by atoms with Crippen LogP contribution in [0.25, 0.3) is 11.4 Å². The monoisotopic (exact) mass is 444 g/mol. The lowest BCUT2D eigenvalue weighted by atomic mass is 9.85. The van der Waals surface area contributed by atoms with E-state index in [-0.39, 0.29) is 17.9 Å². The van der Waals surface area contributed by atoms with E-state index >= 15 is 0 Å². The number of guanidine groups is 1. The topological polar surface area (TPSA) is 104 Å². The molecule has 31 heavy (non-hydrogen) atoms. The zero-order valence-electron chi connectivity index (χ0n) is 17.7. The van der Waals surface area contributed by atoms with Gasteiger partial charge in [0.1, 0.15) is 0 Å². The lowest BCUT2D eigenvalue weighted by Gasteiger charge is -2.30. The molecule has 1 aromatic heterocycles. The molecular formula is C22H29ClN6O2. The molecule has 1 amide bonds. The van der Waals surface area contributed by atoms with Crippen molar-refractivity contribution in [3.8, 4) is 11.4 Å². The maximum atomic E-state index is 12.4. The van der Waals surface area contributed by atoms with Crippen LogP contribution in [-0.2, 0) is 11.2 Å². The molecule has 1 aromatic carbocycles. The lowest BCUT2D eigenvalue weighted by molar-refractivity contribution is -0.126. The third kappa shape index (κ3) is 6.19. The molecule has 0 radical (unpaired) electrons. The molecule has 3 N–H and O–H groups in total. The fourth-order valence-corrected chi connectivity index (χ4v) is 4.07. The Labute approximate surface area is 187 Å². The summed E-state index contributed by atoms with van der Waals surface area (Å²) in [4.78, 5) is 21.1. The molecule has 166 valence electrons. The van der Waals surface area contributed by atoms with Crippen LogP contribution in [0, 0.1) is 5.92 Å². The highest BCUT2D eigenvalue weighted by Gasteiger charge is 2.31. The molecule has 1 heterocycles. The molecule has 2 aromatic rings. The van der Waals surface area contributed by atoms with E-state index in [2.05, 4.69) is 31.1 Å². The van der Waals surface area contributed by atoms with Gasteiger partial charge in [-0.05, 0) is 44.2 Å². The molecular weight excluding hydrogens is 416 g/mol. The van der Waals surface area contributed by atoms with Gasteiger partial charge in [0.25, 0.3) is 0 Å². The predicted octanol–water partition coefficient (Wildman–Crippen LogP) is 2.93. The van der Waals surface area contributed by atoms with Crippen molar-refractivity contribution in [2.75, 3.05) is 13.6 Å². The minimum Gasteiger partial charge on any atom is -0.356 e. The van der Waals surface area contributed by atoms with Gasteiger partial charge in [0.05, 0.1) is 0 Å². The number of hydrogen-bond donors (Lipinski definition) is 3. The van der Waals surface area contributed by atoms with Gasteiger partial charge >= 0.3 is 0 Å². The molecule has 0 bridgehead atoms. The summed E-state index contributed by atoms with van der Waals surface area (Å²) in [5, 5.41) is 14.6. The van der Waals surface area contributed by atoms with Crippen molar-refractivity contribution in [1.82, 2.24) is 26.1 Å². The highest BCUT2D eigenvalue weighted by molar-refractivity contribution is 6.30. The average molecular weight is 445 g/mol. The standard InChI is InChI=1S/C22H29ClN6O2/c1-24-22(27-18-7-3-5-15(13-18)21(30)26-17-8-9-17)25-11-10-19-28-20(29-31-19)14-4-2-6-16(23)12-14/h2,4,6,12,15,17-18H,3,5,7-11,13H2,1H3,(H,26,30)(H2,24,25,27). The van der Waals surface area contributed by atoms with Crippen molar-refractivity contribution in [1.29, 1.82) is 0 Å². The number of carbonyl (C=O) groups is 1. The number of benzene rings is 1. The quantitative estimate of drug-likeness (QED) is 0.448. The van der Waals surface area contributed by atoms with Crippen LogP contribution in [-0.4, -0.2) is 47.7 Å². The van der Waals surface area contributed by atoms with Crippen LogP contribution in [0.4, 0.5) is 0 Å². The summed E-state index contributed by atoms with van der Waals surface area (Å²) in [6, 6.07) is 8.03. The SMILES string of the molecule is CN=C(NCCc1nc(-c2cccc(Cl)c2)no1)NC1CCCC(C(=O)NC2CC2)C1. The zero-order chi connectivity index (χ0) is 21.6. The van der Waals surface area contributed by atoms with Crippen LogP contribution < -0.4 is 16.0 Å². The van der Waals surface area contributed by atoms with Gasteiger partial charge in [0.2, 0.25) is 17.6 Å². The molecule has 2 aliphatic carbocycles. The predicted molar refractivity (Wildman–Crippen MR) is 120 cm³/mol. The summed E-state index contributed by atoms with van der Waals surface area (Å²) >= 11 is 6.03. The summed E-state index contributed by atoms with van der Waals surface area (Å²) in [6.45, 7) is 0.606. The van der Waals surface area contributed by atoms with E-state index in [0.717, 1.165) is 50.0 Å². The van der Waals surface area contributed by atoms with Crippen LogP contribution in [0.15, 0.2) is 33.8 Å². The fourth-order valence-electron chi connectivity index (χ4n) is 3.88. The first-order valence-electron chi connectivity index (χ1n) is 11.0. The van der Waals surface area contributed by atoms with Crippen molar-refractivity contribution < 1.29 is 9.32 Å². The summed E-state index contributed by atoms with van der Waals surface area (Å²) in [6.07, 6.45) is 6.72. The molecule has 4 rings (SSSR count). The van der Waals surface area contributed by atoms with E-state index < -0.39 is 0 Å². The third-order valence-corrected chi connectivity index (χ3v) is 5.95. The second kappa shape index (κ2) is 10.1. The van der Waals surface area contributed by atoms with Crippen LogP contribution in [0.5, 0.6) is 0 Å². The van der Waals surface area contributed by atoms with Gasteiger partial charge in [-0.3, -0.25) is 9.79 Å². The zero-order valence-corrected chi connectivity index (χ0v) is 18.5. The van der Waals surface area contributed by atoms with E-state index in [1.807, 2.05) is 24.3 Å². The number of amides is 1. The Morgan fingerprint density at radius 2 is 2.10 bits per heavy atom. The van der Waals surface area contributed by atoms with Crippen molar-refractivity contribution in [2.24, 2.45) is 10.9 Å². The minimum atomic E-state index is 0.0910. The van der Waals surface area contributed by atoms with Crippen molar-refractivity contribution in [2.45, 2.75) is 57.0 Å². The van der Waals surface area contributed by atoms with Gasteiger partial charge in [-0.15, -0.1) is 0 Å². The largest absolute Gasteiger partial charge is 0.356 e. The second-order valence-corrected chi connectivity index (χ2v) is 8.70. The van der Waals surface area contributed by atoms with Crippen molar-refractivity contribution in [3.63, 3.8) is 0 Å². The molecule has 2 fully saturated rings. The normalized spacial score (nSPS) is 21.5. The summed E-state index contributed by atoms with van der Waals surface area (Å²) < 4.78 is 5.35. The number of hydrogen-bond acceptors (Lipinski definition) is 5. The Morgan fingerprint density at radius 1 is 1.23 bits per heavy atom. The summed E-state index contributed by atoms with van der Waals surface area (Å²) in [5.74, 6) is 2.10. The van der Waals surface area contributed by atoms with Gasteiger partial charge in [-0.2, -0.15) is 4.98 Å². The Morgan fingerprint density at radius 3 is 2.87 bits per heavy atom. The molecule has 8 nitrogen and oxygen atoms in total. The van der Waals surface area contributed by atoms with E-state index in [4.69, 9.17) is 16.1 Å². The smallest absolute Gasteiger partial charge is 0.228 e. The number of aromatic nitrogens is 2. The van der Waals surface area contributed by atoms with E-state index in [1.54, 1.807) is 7.05 Å². The number of nitrogens with zero attached hydrogens (tertiary/aromatic N) is 3. The summed E-state index contributed by atoms with van der Waals surface area (Å²) in [5.41, 5.74) is 0.825. The number of carbonyl (C=O) groups excluding carboxylic acids is 1. The minimum absolute atomic E-state index is 0.0910. The second-order valence-electron chi connectivity index (χ2n) is 8.26. The Hall–Kier alpha value is -2.61. The molecule has 0 spiro atoms. The lowest BCUT2D eigenvalue weighted by Crippen LogP contribution is -2.47. The number of nitrogens with one attached hydrogen (secondary N) is 3. The Bertz CT molecular complexity index is 926. The van der Waals surface area contributed by atoms with Crippen LogP contribution >= 0.6 is 11.6 Å². The first-order chi connectivity index (χ1) is 15.1. The Balaban J connectivity index is 1.23. The van der Waals surface area contributed by atoms with E-state index in [0.29, 0.717) is 35.7 Å². The highest BCUT2D eigenvalue weighted by atomic mass is 35.5. The molecule has 2 aliphatic rings. The first kappa shape index (κ1) is 21.6. The average Bonchev–Trinajstić information content (AvgIpc) is 3.46. The molecule has 0 aliphatic heterocycles. The maximum absolute atomic E-state index is 12.4. The molecule has 0 saturated heterocycles. The Kier molecular flexibility index (Phi) is 7.06. The molecule has 2 atom stereocenters. The number of rotatable bonds is 7. The van der Waals surface area contributed by atoms with Gasteiger partial charge in [0, 0.05) is 48.6 Å². The number of halogens is 1. The van der Waals surface area contributed by atoms with Crippen LogP contribution in [0.1, 0.15) is 44.4 Å². The van der Waals surface area contributed by atoms with Gasteiger partial charge in [-0.25, -0.2) is 0 Å². The fraction of sp³-hybridized carbons (Fsp3) is 0.545. The molecule has 2 unspecified atom stereocenters. The van der Waals surface area contributed by atoms with Gasteiger partial charge in [0.15, 0.2) is 5.96 Å². The van der Waals surface area contributed by atoms with Gasteiger partial charge < -0.3 is 20.5 Å². The van der Waals surface area contributed by atoms with Crippen LogP contribution in [0.2, 0.25) is 5.02 Å². The van der Waals surface area contributed by atoms with Crippen molar-refractivity contribution >= 4 is 23.5 Å². The van der Waals surface area contributed by atoms with Crippen molar-refractivity contribution in [3.05, 3.63) is 35.2 Å². The van der Waals surface area contributed by atoms with Gasteiger partial charge in [-0.1, -0.05) is 35.3 Å². The van der Waals surface area contributed by atoms with E-state index in [9.17, 15) is 4.79 Å². The van der Waals surface area contributed by atoms with E-state index in [1.165, 1.54) is 0 Å². The summed E-state index contributed by atoms with van der Waals surface area (Å²) in [7, 11) is 1.75. The third-order valence-electron chi connectivity index (χ3n) is 5.72. The maximum Gasteiger partial charge on any atom is 0.228 e. The highest BCUT2D eigenvalue weighted by Crippen LogP contribution is 2.26. The molecule has 9 heteroatoms. The number of aliphatic imine (C=N–C) groups is 1. The van der Waals surface area contributed by atoms with Crippen LogP contribution in [0.3, 0.4) is 0 Å².